The van der Waals surface area contributed by atoms with Crippen molar-refractivity contribution in [3.8, 4) is 17.5 Å². The summed E-state index contributed by atoms with van der Waals surface area (Å²) in [5.41, 5.74) is 2.38. The number of thioether (sulfide) groups is 1. The van der Waals surface area contributed by atoms with Crippen LogP contribution in [0.5, 0.6) is 17.5 Å². The Morgan fingerprint density at radius 3 is 1.98 bits per heavy atom. The van der Waals surface area contributed by atoms with Gasteiger partial charge in [-0.15, -0.1) is 11.8 Å². The van der Waals surface area contributed by atoms with Gasteiger partial charge in [0.15, 0.2) is 0 Å². The van der Waals surface area contributed by atoms with Crippen LogP contribution >= 0.6 is 11.8 Å². The largest absolute Gasteiger partial charge is 0.497 e. The van der Waals surface area contributed by atoms with Crippen LogP contribution in [0.1, 0.15) is 5.56 Å². The Morgan fingerprint density at radius 1 is 0.762 bits per heavy atom. The first kappa shape index (κ1) is 28.4. The highest BCUT2D eigenvalue weighted by Gasteiger charge is 2.11. The monoisotopic (exact) mass is 582 g/mol. The molecule has 11 heteroatoms. The summed E-state index contributed by atoms with van der Waals surface area (Å²) in [5, 5.41) is 9.11. The van der Waals surface area contributed by atoms with Gasteiger partial charge in [-0.1, -0.05) is 30.3 Å². The molecule has 0 saturated heterocycles. The van der Waals surface area contributed by atoms with Crippen LogP contribution in [0.3, 0.4) is 0 Å². The third kappa shape index (κ3) is 8.42. The van der Waals surface area contributed by atoms with Crippen LogP contribution in [0.2, 0.25) is 0 Å². The van der Waals surface area contributed by atoms with Crippen molar-refractivity contribution in [3.63, 3.8) is 0 Å². The minimum absolute atomic E-state index is 0.0475. The molecule has 0 atom stereocenters. The third-order valence-corrected chi connectivity index (χ3v) is 6.81. The second-order valence-corrected chi connectivity index (χ2v) is 9.92. The van der Waals surface area contributed by atoms with Gasteiger partial charge < -0.3 is 25.4 Å². The Hall–Kier alpha value is -5.16. The van der Waals surface area contributed by atoms with E-state index in [-0.39, 0.29) is 29.6 Å². The van der Waals surface area contributed by atoms with Crippen molar-refractivity contribution in [3.05, 3.63) is 115 Å². The number of nitrogens with one attached hydrogen (secondary N) is 3. The van der Waals surface area contributed by atoms with Gasteiger partial charge in [-0.05, 0) is 78.4 Å². The smallest absolute Gasteiger partial charge is 0.328 e. The molecule has 42 heavy (non-hydrogen) atoms. The van der Waals surface area contributed by atoms with Crippen LogP contribution in [-0.2, 0) is 11.3 Å². The number of aromatic nitrogens is 3. The fourth-order valence-electron chi connectivity index (χ4n) is 3.69. The van der Waals surface area contributed by atoms with Gasteiger partial charge >= 0.3 is 6.01 Å². The van der Waals surface area contributed by atoms with Gasteiger partial charge in [0.1, 0.15) is 17.3 Å². The second kappa shape index (κ2) is 14.0. The van der Waals surface area contributed by atoms with E-state index in [0.29, 0.717) is 29.5 Å². The molecular formula is C31H27FN6O3S. The minimum Gasteiger partial charge on any atom is -0.497 e. The summed E-state index contributed by atoms with van der Waals surface area (Å²) in [5.74, 6) is 1.55. The number of methoxy groups -OCH3 is 1. The van der Waals surface area contributed by atoms with E-state index < -0.39 is 0 Å². The zero-order valence-electron chi connectivity index (χ0n) is 22.6. The Kier molecular flexibility index (Phi) is 9.42. The van der Waals surface area contributed by atoms with Crippen LogP contribution in [0.15, 0.2) is 108 Å². The fourth-order valence-corrected chi connectivity index (χ4v) is 4.41. The molecule has 4 aromatic carbocycles. The van der Waals surface area contributed by atoms with Crippen LogP contribution in [0.4, 0.5) is 27.7 Å². The molecule has 0 aliphatic carbocycles. The van der Waals surface area contributed by atoms with Crippen molar-refractivity contribution >= 4 is 40.9 Å². The molecule has 0 bridgehead atoms. The highest BCUT2D eigenvalue weighted by Crippen LogP contribution is 2.26. The van der Waals surface area contributed by atoms with Gasteiger partial charge in [-0.3, -0.25) is 4.79 Å². The molecular weight excluding hydrogens is 555 g/mol. The maximum absolute atomic E-state index is 13.4. The Bertz CT molecular complexity index is 1610. The van der Waals surface area contributed by atoms with Crippen molar-refractivity contribution < 1.29 is 18.7 Å². The number of nitrogens with zero attached hydrogens (tertiary/aromatic N) is 3. The molecule has 1 amide bonds. The number of hydrogen-bond acceptors (Lipinski definition) is 9. The van der Waals surface area contributed by atoms with Gasteiger partial charge in [-0.2, -0.15) is 15.0 Å². The molecule has 0 radical (unpaired) electrons. The normalized spacial score (nSPS) is 10.5. The predicted molar refractivity (Wildman–Crippen MR) is 161 cm³/mol. The number of benzene rings is 4. The Balaban J connectivity index is 1.24. The molecule has 0 spiro atoms. The number of amides is 1. The van der Waals surface area contributed by atoms with Crippen molar-refractivity contribution in [1.29, 1.82) is 0 Å². The quantitative estimate of drug-likeness (QED) is 0.138. The van der Waals surface area contributed by atoms with Gasteiger partial charge in [0, 0.05) is 22.8 Å². The lowest BCUT2D eigenvalue weighted by Crippen LogP contribution is -2.24. The molecule has 212 valence electrons. The highest BCUT2D eigenvalue weighted by atomic mass is 32.2. The van der Waals surface area contributed by atoms with Gasteiger partial charge in [0.2, 0.25) is 17.8 Å². The number of hydrogen-bond donors (Lipinski definition) is 3. The maximum Gasteiger partial charge on any atom is 0.328 e. The molecule has 5 rings (SSSR count). The molecule has 0 aliphatic rings. The summed E-state index contributed by atoms with van der Waals surface area (Å²) < 4.78 is 24.5. The number of carbonyl (C=O) groups excluding carboxylic acids is 1. The van der Waals surface area contributed by atoms with Crippen LogP contribution < -0.4 is 25.4 Å². The zero-order valence-corrected chi connectivity index (χ0v) is 23.4. The van der Waals surface area contributed by atoms with Crippen LogP contribution in [-0.4, -0.2) is 33.7 Å². The molecule has 9 nitrogen and oxygen atoms in total. The van der Waals surface area contributed by atoms with Crippen molar-refractivity contribution in [1.82, 2.24) is 20.3 Å². The van der Waals surface area contributed by atoms with Crippen LogP contribution in [0, 0.1) is 5.82 Å². The number of anilines is 4. The summed E-state index contributed by atoms with van der Waals surface area (Å²) in [6, 6.07) is 30.2. The Morgan fingerprint density at radius 2 is 1.36 bits per heavy atom. The van der Waals surface area contributed by atoms with E-state index >= 15 is 0 Å². The highest BCUT2D eigenvalue weighted by molar-refractivity contribution is 8.00. The lowest BCUT2D eigenvalue weighted by Gasteiger charge is -2.11. The van der Waals surface area contributed by atoms with Crippen molar-refractivity contribution in [2.45, 2.75) is 11.4 Å². The standard InChI is InChI=1S/C31H27FN6O3S/c1-40-25-13-11-24(12-14-25)35-30-36-29(34-23-9-7-22(32)8-10-23)37-31(38-30)41-26-15-17-27(18-16-26)42-20-28(39)33-19-21-5-3-2-4-6-21/h2-18H,19-20H2,1H3,(H,33,39)(H2,34,35,36,37,38). The molecule has 0 unspecified atom stereocenters. The van der Waals surface area contributed by atoms with Gasteiger partial charge in [-0.25, -0.2) is 4.39 Å². The summed E-state index contributed by atoms with van der Waals surface area (Å²) in [6.45, 7) is 0.492. The van der Waals surface area contributed by atoms with Crippen LogP contribution in [0.25, 0.3) is 0 Å². The van der Waals surface area contributed by atoms with E-state index in [9.17, 15) is 9.18 Å². The average Bonchev–Trinajstić information content (AvgIpc) is 3.01. The topological polar surface area (TPSA) is 110 Å². The first-order valence-electron chi connectivity index (χ1n) is 12.9. The number of carbonyl (C=O) groups is 1. The summed E-state index contributed by atoms with van der Waals surface area (Å²) in [6.07, 6.45) is 0. The van der Waals surface area contributed by atoms with E-state index in [1.165, 1.54) is 23.9 Å². The minimum atomic E-state index is -0.350. The average molecular weight is 583 g/mol. The van der Waals surface area contributed by atoms with Crippen molar-refractivity contribution in [2.75, 3.05) is 23.5 Å². The summed E-state index contributed by atoms with van der Waals surface area (Å²) in [4.78, 5) is 26.4. The molecule has 5 aromatic rings. The Labute approximate surface area is 246 Å². The van der Waals surface area contributed by atoms with E-state index in [4.69, 9.17) is 9.47 Å². The second-order valence-electron chi connectivity index (χ2n) is 8.88. The molecule has 1 heterocycles. The van der Waals surface area contributed by atoms with Crippen molar-refractivity contribution in [2.24, 2.45) is 0 Å². The fraction of sp³-hybridized carbons (Fsp3) is 0.0968. The zero-order chi connectivity index (χ0) is 29.1. The van der Waals surface area contributed by atoms with E-state index in [1.807, 2.05) is 66.7 Å². The molecule has 0 fully saturated rings. The number of ether oxygens (including phenoxy) is 2. The van der Waals surface area contributed by atoms with E-state index in [0.717, 1.165) is 16.1 Å². The van der Waals surface area contributed by atoms with Gasteiger partial charge in [0.25, 0.3) is 0 Å². The SMILES string of the molecule is COc1ccc(Nc2nc(Nc3ccc(F)cc3)nc(Oc3ccc(SCC(=O)NCc4ccccc4)cc3)n2)cc1. The first-order chi connectivity index (χ1) is 20.5. The number of halogens is 1. The lowest BCUT2D eigenvalue weighted by atomic mass is 10.2. The lowest BCUT2D eigenvalue weighted by molar-refractivity contribution is -0.118. The molecule has 1 aromatic heterocycles. The maximum atomic E-state index is 13.4. The first-order valence-corrected chi connectivity index (χ1v) is 13.9. The molecule has 0 saturated carbocycles. The molecule has 3 N–H and O–H groups in total. The predicted octanol–water partition coefficient (Wildman–Crippen LogP) is 6.71. The summed E-state index contributed by atoms with van der Waals surface area (Å²) in [7, 11) is 1.60. The number of rotatable bonds is 12. The van der Waals surface area contributed by atoms with Gasteiger partial charge in [0.05, 0.1) is 12.9 Å². The molecule has 0 aliphatic heterocycles. The van der Waals surface area contributed by atoms with E-state index in [1.54, 1.807) is 31.4 Å². The summed E-state index contributed by atoms with van der Waals surface area (Å²) >= 11 is 1.43. The van der Waals surface area contributed by atoms with E-state index in [2.05, 4.69) is 30.9 Å². The third-order valence-electron chi connectivity index (χ3n) is 5.80.